The zero-order chi connectivity index (χ0) is 14.2. The van der Waals surface area contributed by atoms with E-state index >= 15 is 0 Å². The Morgan fingerprint density at radius 1 is 1.05 bits per heavy atom. The second-order valence-electron chi connectivity index (χ2n) is 6.12. The fourth-order valence-corrected chi connectivity index (χ4v) is 3.80. The first-order chi connectivity index (χ1) is 10.3. The van der Waals surface area contributed by atoms with E-state index in [1.807, 2.05) is 0 Å². The van der Waals surface area contributed by atoms with Gasteiger partial charge in [-0.15, -0.1) is 0 Å². The van der Waals surface area contributed by atoms with Crippen LogP contribution >= 0.6 is 0 Å². The normalized spacial score (nSPS) is 25.3. The summed E-state index contributed by atoms with van der Waals surface area (Å²) < 4.78 is 6.51. The molecule has 2 aliphatic rings. The van der Waals surface area contributed by atoms with Gasteiger partial charge in [-0.1, -0.05) is 60.2 Å². The largest absolute Gasteiger partial charge is 0.419 e. The topological polar surface area (TPSA) is 12.5 Å². The van der Waals surface area contributed by atoms with Crippen LogP contribution in [0.25, 0.3) is 0 Å². The van der Waals surface area contributed by atoms with E-state index in [-0.39, 0.29) is 13.2 Å². The molecule has 0 bridgehead atoms. The molecule has 0 spiro atoms. The van der Waals surface area contributed by atoms with Crippen LogP contribution in [0.1, 0.15) is 30.1 Å². The predicted molar refractivity (Wildman–Crippen MR) is 86.6 cm³/mol. The summed E-state index contributed by atoms with van der Waals surface area (Å²) in [5.41, 5.74) is 3.95. The summed E-state index contributed by atoms with van der Waals surface area (Å²) >= 11 is 0. The molecule has 0 amide bonds. The van der Waals surface area contributed by atoms with Crippen molar-refractivity contribution in [3.05, 3.63) is 65.7 Å². The molecule has 2 atom stereocenters. The third-order valence-corrected chi connectivity index (χ3v) is 4.85. The summed E-state index contributed by atoms with van der Waals surface area (Å²) in [5, 5.41) is 0. The summed E-state index contributed by atoms with van der Waals surface area (Å²) in [4.78, 5) is 2.56. The molecule has 4 rings (SSSR count). The van der Waals surface area contributed by atoms with Gasteiger partial charge in [0.15, 0.2) is 0 Å². The molecule has 2 aromatic rings. The van der Waals surface area contributed by atoms with Gasteiger partial charge in [0.05, 0.1) is 6.10 Å². The Bertz CT molecular complexity index is 630. The number of rotatable bonds is 2. The van der Waals surface area contributed by atoms with Gasteiger partial charge < -0.3 is 9.47 Å². The predicted octanol–water partition coefficient (Wildman–Crippen LogP) is 2.93. The van der Waals surface area contributed by atoms with Crippen molar-refractivity contribution in [2.45, 2.75) is 31.9 Å². The third kappa shape index (κ3) is 2.21. The van der Waals surface area contributed by atoms with Crippen molar-refractivity contribution in [2.24, 2.45) is 0 Å². The van der Waals surface area contributed by atoms with Crippen molar-refractivity contribution in [3.8, 4) is 0 Å². The number of hydrogen-bond acceptors (Lipinski definition) is 2. The molecule has 0 aromatic heterocycles. The minimum Gasteiger partial charge on any atom is -0.409 e. The van der Waals surface area contributed by atoms with Crippen LogP contribution in [-0.4, -0.2) is 24.4 Å². The minimum absolute atomic E-state index is 0.115. The van der Waals surface area contributed by atoms with E-state index in [9.17, 15) is 0 Å². The molecule has 21 heavy (non-hydrogen) atoms. The average Bonchev–Trinajstić information content (AvgIpc) is 3.11. The Kier molecular flexibility index (Phi) is 3.32. The second kappa shape index (κ2) is 5.32. The summed E-state index contributed by atoms with van der Waals surface area (Å²) in [6.45, 7) is 3.33. The highest BCUT2D eigenvalue weighted by Crippen LogP contribution is 2.39. The molecule has 2 heterocycles. The molecule has 2 nitrogen and oxygen atoms in total. The lowest BCUT2D eigenvalue weighted by Crippen LogP contribution is -2.46. The van der Waals surface area contributed by atoms with E-state index < -0.39 is 0 Å². The third-order valence-electron chi connectivity index (χ3n) is 4.85. The lowest BCUT2D eigenvalue weighted by Gasteiger charge is -2.20. The fourth-order valence-electron chi connectivity index (χ4n) is 3.80. The van der Waals surface area contributed by atoms with Crippen molar-refractivity contribution in [2.75, 3.05) is 6.54 Å². The SMILES string of the molecule is Cc1ccccc1B1OC(c2ccccc2)[C@@H]2CCCN12. The molecule has 3 heteroatoms. The summed E-state index contributed by atoms with van der Waals surface area (Å²) in [6.07, 6.45) is 2.72. The van der Waals surface area contributed by atoms with Crippen LogP contribution in [0.4, 0.5) is 0 Å². The molecule has 0 aliphatic carbocycles. The Labute approximate surface area is 126 Å². The van der Waals surface area contributed by atoms with E-state index in [0.29, 0.717) is 6.04 Å². The Morgan fingerprint density at radius 2 is 1.81 bits per heavy atom. The van der Waals surface area contributed by atoms with Gasteiger partial charge in [0.1, 0.15) is 0 Å². The smallest absolute Gasteiger partial charge is 0.409 e. The van der Waals surface area contributed by atoms with Crippen LogP contribution in [0.2, 0.25) is 0 Å². The number of aryl methyl sites for hydroxylation is 1. The van der Waals surface area contributed by atoms with Gasteiger partial charge in [0, 0.05) is 6.04 Å². The molecular weight excluding hydrogens is 257 g/mol. The van der Waals surface area contributed by atoms with Crippen molar-refractivity contribution >= 4 is 12.5 Å². The lowest BCUT2D eigenvalue weighted by molar-refractivity contribution is 0.207. The van der Waals surface area contributed by atoms with E-state index in [0.717, 1.165) is 6.54 Å². The molecular formula is C18H20BNO. The van der Waals surface area contributed by atoms with E-state index in [2.05, 4.69) is 66.3 Å². The maximum atomic E-state index is 6.51. The highest BCUT2D eigenvalue weighted by atomic mass is 16.5. The zero-order valence-electron chi connectivity index (χ0n) is 12.4. The fraction of sp³-hybridized carbons (Fsp3) is 0.333. The van der Waals surface area contributed by atoms with Gasteiger partial charge in [-0.3, -0.25) is 0 Å². The number of benzene rings is 2. The van der Waals surface area contributed by atoms with Gasteiger partial charge in [0.25, 0.3) is 0 Å². The van der Waals surface area contributed by atoms with Gasteiger partial charge in [-0.2, -0.15) is 0 Å². The molecule has 0 saturated carbocycles. The first kappa shape index (κ1) is 13.1. The molecule has 2 fully saturated rings. The molecule has 106 valence electrons. The quantitative estimate of drug-likeness (QED) is 0.783. The highest BCUT2D eigenvalue weighted by Gasteiger charge is 2.48. The lowest BCUT2D eigenvalue weighted by atomic mass is 9.70. The standard InChI is InChI=1S/C18H20BNO/c1-14-8-5-6-11-16(14)19-20-13-7-12-17(20)18(21-19)15-9-3-2-4-10-15/h2-6,8-11,17-18H,7,12-13H2,1H3/t17-,18?/m0/s1. The number of fused-ring (bicyclic) bond motifs is 1. The zero-order valence-corrected chi connectivity index (χ0v) is 12.4. The van der Waals surface area contributed by atoms with Gasteiger partial charge in [-0.05, 0) is 37.3 Å². The van der Waals surface area contributed by atoms with Crippen molar-refractivity contribution in [1.82, 2.24) is 4.81 Å². The highest BCUT2D eigenvalue weighted by molar-refractivity contribution is 6.66. The van der Waals surface area contributed by atoms with Crippen LogP contribution in [0.3, 0.4) is 0 Å². The van der Waals surface area contributed by atoms with Crippen molar-refractivity contribution < 1.29 is 4.65 Å². The second-order valence-corrected chi connectivity index (χ2v) is 6.12. The van der Waals surface area contributed by atoms with E-state index in [4.69, 9.17) is 4.65 Å². The molecule has 0 radical (unpaired) electrons. The summed E-state index contributed by atoms with van der Waals surface area (Å²) in [6, 6.07) is 19.8. The van der Waals surface area contributed by atoms with Crippen LogP contribution in [-0.2, 0) is 4.65 Å². The van der Waals surface area contributed by atoms with E-state index in [1.54, 1.807) is 0 Å². The van der Waals surface area contributed by atoms with Crippen LogP contribution in [0.5, 0.6) is 0 Å². The first-order valence-electron chi connectivity index (χ1n) is 7.86. The molecule has 2 aliphatic heterocycles. The number of nitrogens with zero attached hydrogens (tertiary/aromatic N) is 1. The van der Waals surface area contributed by atoms with Crippen LogP contribution in [0.15, 0.2) is 54.6 Å². The minimum atomic E-state index is 0.115. The van der Waals surface area contributed by atoms with E-state index in [1.165, 1.54) is 29.4 Å². The molecule has 1 unspecified atom stereocenters. The van der Waals surface area contributed by atoms with Gasteiger partial charge >= 0.3 is 7.05 Å². The average molecular weight is 277 g/mol. The van der Waals surface area contributed by atoms with Crippen LogP contribution < -0.4 is 5.46 Å². The molecule has 2 aromatic carbocycles. The first-order valence-corrected chi connectivity index (χ1v) is 7.86. The summed E-state index contributed by atoms with van der Waals surface area (Å²) in [5.74, 6) is 0. The number of hydrogen-bond donors (Lipinski definition) is 0. The monoisotopic (exact) mass is 277 g/mol. The Hall–Kier alpha value is -1.58. The Balaban J connectivity index is 1.70. The maximum absolute atomic E-state index is 6.51. The molecule has 2 saturated heterocycles. The maximum Gasteiger partial charge on any atom is 0.419 e. The van der Waals surface area contributed by atoms with Crippen molar-refractivity contribution in [1.29, 1.82) is 0 Å². The van der Waals surface area contributed by atoms with Gasteiger partial charge in [0.2, 0.25) is 0 Å². The van der Waals surface area contributed by atoms with Crippen molar-refractivity contribution in [3.63, 3.8) is 0 Å². The summed E-state index contributed by atoms with van der Waals surface area (Å²) in [7, 11) is 0.115. The van der Waals surface area contributed by atoms with Gasteiger partial charge in [-0.25, -0.2) is 0 Å². The molecule has 0 N–H and O–H groups in total. The van der Waals surface area contributed by atoms with Crippen LogP contribution in [0, 0.1) is 6.92 Å². The Morgan fingerprint density at radius 3 is 2.62 bits per heavy atom.